The summed E-state index contributed by atoms with van der Waals surface area (Å²) >= 11 is 0. The normalized spacial score (nSPS) is 37.5. The van der Waals surface area contributed by atoms with Gasteiger partial charge in [0, 0.05) is 0 Å². The molecule has 2 atom stereocenters. The molecule has 1 saturated heterocycles. The van der Waals surface area contributed by atoms with E-state index in [1.54, 1.807) is 0 Å². The molecule has 1 saturated carbocycles. The van der Waals surface area contributed by atoms with Crippen molar-refractivity contribution < 1.29 is 9.13 Å². The van der Waals surface area contributed by atoms with Gasteiger partial charge in [-0.1, -0.05) is 19.1 Å². The van der Waals surface area contributed by atoms with Gasteiger partial charge in [0.1, 0.15) is 5.67 Å². The number of halogens is 1. The van der Waals surface area contributed by atoms with Crippen molar-refractivity contribution in [2.45, 2.75) is 76.7 Å². The van der Waals surface area contributed by atoms with E-state index in [1.807, 2.05) is 6.92 Å². The molecule has 0 bridgehead atoms. The molecule has 1 aliphatic carbocycles. The Morgan fingerprint density at radius 2 is 2.15 bits per heavy atom. The molecule has 0 aromatic heterocycles. The Labute approximate surface area is 123 Å². The molecule has 0 spiro atoms. The van der Waals surface area contributed by atoms with Crippen molar-refractivity contribution in [3.63, 3.8) is 0 Å². The number of ether oxygens (including phenoxy) is 1. The molecule has 0 amide bonds. The maximum absolute atomic E-state index is 13.7. The summed E-state index contributed by atoms with van der Waals surface area (Å²) in [5.74, 6) is 0.559. The quantitative estimate of drug-likeness (QED) is 0.537. The van der Waals surface area contributed by atoms with Gasteiger partial charge in [-0.15, -0.1) is 0 Å². The van der Waals surface area contributed by atoms with Gasteiger partial charge < -0.3 is 10.1 Å². The predicted octanol–water partition coefficient (Wildman–Crippen LogP) is 4.01. The highest BCUT2D eigenvalue weighted by Crippen LogP contribution is 2.43. The second kappa shape index (κ2) is 7.56. The Balaban J connectivity index is 1.42. The van der Waals surface area contributed by atoms with Gasteiger partial charge in [-0.2, -0.15) is 0 Å². The second-order valence-corrected chi connectivity index (χ2v) is 6.62. The average Bonchev–Trinajstić information content (AvgIpc) is 2.80. The molecule has 1 N–H and O–H groups in total. The monoisotopic (exact) mass is 283 g/mol. The van der Waals surface area contributed by atoms with Crippen LogP contribution in [-0.2, 0) is 4.74 Å². The minimum atomic E-state index is -0.840. The van der Waals surface area contributed by atoms with Gasteiger partial charge in [0.2, 0.25) is 0 Å². The fourth-order valence-electron chi connectivity index (χ4n) is 3.28. The second-order valence-electron chi connectivity index (χ2n) is 6.62. The number of alkyl halides is 1. The highest BCUT2D eigenvalue weighted by molar-refractivity contribution is 4.95. The first kappa shape index (κ1) is 16.0. The highest BCUT2D eigenvalue weighted by atomic mass is 19.1. The smallest absolute Gasteiger partial charge is 0.111 e. The Hall–Kier alpha value is -0.410. The van der Waals surface area contributed by atoms with Crippen LogP contribution in [0.25, 0.3) is 0 Å². The summed E-state index contributed by atoms with van der Waals surface area (Å²) in [5.41, 5.74) is -0.840. The zero-order valence-corrected chi connectivity index (χ0v) is 13.0. The van der Waals surface area contributed by atoms with Crippen LogP contribution in [0.5, 0.6) is 0 Å². The number of hydrogen-bond donors (Lipinski definition) is 1. The van der Waals surface area contributed by atoms with E-state index in [-0.39, 0.29) is 0 Å². The standard InChI is InChI=1S/C17H30FNO/c1-3-17(18)11-15(12-17)13-19-10-6-4-5-7-16-9-8-14(2)20-16/h5,7,14-16,19H,3-4,6,8-13H2,1-2H3/b7-5+. The maximum atomic E-state index is 13.7. The third kappa shape index (κ3) is 4.85. The van der Waals surface area contributed by atoms with Crippen LogP contribution >= 0.6 is 0 Å². The molecule has 0 aromatic carbocycles. The SMILES string of the molecule is CCC1(F)CC(CNCCC/C=C/C2CCC(C)O2)C1. The fourth-order valence-corrected chi connectivity index (χ4v) is 3.28. The summed E-state index contributed by atoms with van der Waals surface area (Å²) in [6.45, 7) is 6.11. The zero-order valence-electron chi connectivity index (χ0n) is 13.0. The van der Waals surface area contributed by atoms with E-state index in [0.717, 1.165) is 38.8 Å². The van der Waals surface area contributed by atoms with Crippen molar-refractivity contribution in [2.75, 3.05) is 13.1 Å². The van der Waals surface area contributed by atoms with Gasteiger partial charge >= 0.3 is 0 Å². The van der Waals surface area contributed by atoms with Crippen LogP contribution in [0.15, 0.2) is 12.2 Å². The molecule has 1 heterocycles. The van der Waals surface area contributed by atoms with Crippen LogP contribution < -0.4 is 5.32 Å². The molecule has 0 radical (unpaired) electrons. The molecule has 116 valence electrons. The van der Waals surface area contributed by atoms with Crippen LogP contribution in [0.4, 0.5) is 4.39 Å². The van der Waals surface area contributed by atoms with Crippen LogP contribution in [0.3, 0.4) is 0 Å². The van der Waals surface area contributed by atoms with Crippen molar-refractivity contribution in [1.29, 1.82) is 0 Å². The number of rotatable bonds is 8. The third-order valence-electron chi connectivity index (χ3n) is 4.72. The lowest BCUT2D eigenvalue weighted by atomic mass is 9.71. The first-order valence-corrected chi connectivity index (χ1v) is 8.33. The van der Waals surface area contributed by atoms with Gasteiger partial charge in [0.05, 0.1) is 12.2 Å². The first-order valence-electron chi connectivity index (χ1n) is 8.33. The molecular formula is C17H30FNO. The lowest BCUT2D eigenvalue weighted by Gasteiger charge is -2.41. The van der Waals surface area contributed by atoms with E-state index in [0.29, 0.717) is 24.5 Å². The lowest BCUT2D eigenvalue weighted by Crippen LogP contribution is -2.43. The highest BCUT2D eigenvalue weighted by Gasteiger charge is 2.42. The van der Waals surface area contributed by atoms with Gasteiger partial charge in [0.15, 0.2) is 0 Å². The molecule has 2 rings (SSSR count). The van der Waals surface area contributed by atoms with Gasteiger partial charge in [-0.3, -0.25) is 0 Å². The van der Waals surface area contributed by atoms with Gasteiger partial charge in [0.25, 0.3) is 0 Å². The Morgan fingerprint density at radius 3 is 2.80 bits per heavy atom. The molecule has 2 fully saturated rings. The summed E-state index contributed by atoms with van der Waals surface area (Å²) in [6.07, 6.45) is 12.0. The van der Waals surface area contributed by atoms with E-state index >= 15 is 0 Å². The minimum absolute atomic E-state index is 0.347. The van der Waals surface area contributed by atoms with Crippen LogP contribution in [0, 0.1) is 5.92 Å². The Bertz CT molecular complexity index is 312. The van der Waals surface area contributed by atoms with Crippen LogP contribution in [-0.4, -0.2) is 31.0 Å². The molecule has 20 heavy (non-hydrogen) atoms. The minimum Gasteiger partial charge on any atom is -0.371 e. The van der Waals surface area contributed by atoms with Crippen molar-refractivity contribution in [1.82, 2.24) is 5.32 Å². The summed E-state index contributed by atoms with van der Waals surface area (Å²) in [4.78, 5) is 0. The number of unbranched alkanes of at least 4 members (excludes halogenated alkanes) is 1. The molecule has 0 aromatic rings. The van der Waals surface area contributed by atoms with E-state index in [1.165, 1.54) is 12.8 Å². The molecule has 2 aliphatic rings. The summed E-state index contributed by atoms with van der Waals surface area (Å²) in [5, 5.41) is 3.45. The van der Waals surface area contributed by atoms with E-state index in [4.69, 9.17) is 4.74 Å². The van der Waals surface area contributed by atoms with Crippen molar-refractivity contribution in [3.8, 4) is 0 Å². The zero-order chi connectivity index (χ0) is 14.4. The predicted molar refractivity (Wildman–Crippen MR) is 81.7 cm³/mol. The van der Waals surface area contributed by atoms with Gasteiger partial charge in [-0.05, 0) is 70.9 Å². The number of hydrogen-bond acceptors (Lipinski definition) is 2. The van der Waals surface area contributed by atoms with E-state index < -0.39 is 5.67 Å². The lowest BCUT2D eigenvalue weighted by molar-refractivity contribution is 0.00442. The number of nitrogens with one attached hydrogen (secondary N) is 1. The van der Waals surface area contributed by atoms with Gasteiger partial charge in [-0.25, -0.2) is 4.39 Å². The van der Waals surface area contributed by atoms with Crippen molar-refractivity contribution in [3.05, 3.63) is 12.2 Å². The molecule has 3 heteroatoms. The Kier molecular flexibility index (Phi) is 6.03. The van der Waals surface area contributed by atoms with Crippen LogP contribution in [0.2, 0.25) is 0 Å². The summed E-state index contributed by atoms with van der Waals surface area (Å²) < 4.78 is 19.4. The maximum Gasteiger partial charge on any atom is 0.111 e. The van der Waals surface area contributed by atoms with E-state index in [2.05, 4.69) is 24.4 Å². The topological polar surface area (TPSA) is 21.3 Å². The third-order valence-corrected chi connectivity index (χ3v) is 4.72. The Morgan fingerprint density at radius 1 is 1.35 bits per heavy atom. The largest absolute Gasteiger partial charge is 0.371 e. The summed E-state index contributed by atoms with van der Waals surface area (Å²) in [7, 11) is 0. The number of allylic oxidation sites excluding steroid dienone is 1. The molecule has 2 nitrogen and oxygen atoms in total. The van der Waals surface area contributed by atoms with E-state index in [9.17, 15) is 4.39 Å². The van der Waals surface area contributed by atoms with Crippen molar-refractivity contribution >= 4 is 0 Å². The molecule has 1 aliphatic heterocycles. The molecule has 2 unspecified atom stereocenters. The fraction of sp³-hybridized carbons (Fsp3) is 0.882. The van der Waals surface area contributed by atoms with Crippen molar-refractivity contribution in [2.24, 2.45) is 5.92 Å². The average molecular weight is 283 g/mol. The summed E-state index contributed by atoms with van der Waals surface area (Å²) in [6, 6.07) is 0. The molecular weight excluding hydrogens is 253 g/mol. The first-order chi connectivity index (χ1) is 9.61. The van der Waals surface area contributed by atoms with Crippen LogP contribution in [0.1, 0.15) is 58.8 Å².